The molecule has 1 aromatic rings. The van der Waals surface area contributed by atoms with Gasteiger partial charge in [-0.1, -0.05) is 48.6 Å². The number of hydrogen-bond acceptors (Lipinski definition) is 2. The Labute approximate surface area is 119 Å². The van der Waals surface area contributed by atoms with Crippen LogP contribution in [0, 0.1) is 16.7 Å². The van der Waals surface area contributed by atoms with E-state index in [1.165, 1.54) is 11.1 Å². The van der Waals surface area contributed by atoms with Gasteiger partial charge in [0, 0.05) is 5.92 Å². The Kier molecular flexibility index (Phi) is 2.43. The van der Waals surface area contributed by atoms with Gasteiger partial charge in [0.15, 0.2) is 0 Å². The fourth-order valence-corrected chi connectivity index (χ4v) is 3.99. The minimum absolute atomic E-state index is 0.352. The largest absolute Gasteiger partial charge is 0.368 e. The second kappa shape index (κ2) is 4.07. The molecule has 100 valence electrons. The number of fused-ring (bicyclic) bond motifs is 3. The van der Waals surface area contributed by atoms with Gasteiger partial charge in [-0.3, -0.25) is 0 Å². The van der Waals surface area contributed by atoms with Crippen molar-refractivity contribution in [1.82, 2.24) is 0 Å². The molecule has 0 radical (unpaired) electrons. The molecule has 2 aliphatic carbocycles. The highest BCUT2D eigenvalue weighted by atomic mass is 16.5. The molecule has 1 heterocycles. The maximum absolute atomic E-state index is 9.78. The van der Waals surface area contributed by atoms with Gasteiger partial charge in [-0.2, -0.15) is 5.26 Å². The second-order valence-electron chi connectivity index (χ2n) is 6.11. The number of rotatable bonds is 0. The van der Waals surface area contributed by atoms with E-state index >= 15 is 0 Å². The van der Waals surface area contributed by atoms with Crippen LogP contribution in [0.25, 0.3) is 0 Å². The normalized spacial score (nSPS) is 37.5. The van der Waals surface area contributed by atoms with Gasteiger partial charge in [0.05, 0.1) is 18.3 Å². The van der Waals surface area contributed by atoms with E-state index in [1.807, 2.05) is 0 Å². The highest BCUT2D eigenvalue weighted by molar-refractivity contribution is 5.41. The van der Waals surface area contributed by atoms with Gasteiger partial charge in [0.2, 0.25) is 0 Å². The molecule has 20 heavy (non-hydrogen) atoms. The van der Waals surface area contributed by atoms with Gasteiger partial charge < -0.3 is 4.74 Å². The molecule has 0 N–H and O–H groups in total. The summed E-state index contributed by atoms with van der Waals surface area (Å²) in [7, 11) is 0. The maximum Gasteiger partial charge on any atom is 0.108 e. The SMILES string of the molecule is N#C[C@@]12C=CC3CC1(CC=CC2)OCc1ccccc13. The van der Waals surface area contributed by atoms with Crippen molar-refractivity contribution in [2.45, 2.75) is 37.4 Å². The lowest BCUT2D eigenvalue weighted by Gasteiger charge is -2.48. The number of nitriles is 1. The van der Waals surface area contributed by atoms with E-state index in [1.54, 1.807) is 0 Å². The quantitative estimate of drug-likeness (QED) is 0.666. The van der Waals surface area contributed by atoms with Crippen molar-refractivity contribution in [1.29, 1.82) is 5.26 Å². The third kappa shape index (κ3) is 1.42. The van der Waals surface area contributed by atoms with E-state index in [0.717, 1.165) is 19.3 Å². The minimum Gasteiger partial charge on any atom is -0.368 e. The molecule has 0 amide bonds. The standard InChI is InChI=1S/C18H17NO/c19-13-17-8-3-4-9-18(17)11-14(7-10-17)16-6-2-1-5-15(16)12-20-18/h1-7,10,14H,8-9,11-12H2/t14?,17-,18?/m1/s1. The van der Waals surface area contributed by atoms with E-state index in [4.69, 9.17) is 4.74 Å². The third-order valence-corrected chi connectivity index (χ3v) is 5.19. The molecule has 1 aliphatic heterocycles. The molecule has 0 aromatic heterocycles. The third-order valence-electron chi connectivity index (χ3n) is 5.19. The summed E-state index contributed by atoms with van der Waals surface area (Å²) in [5, 5.41) is 9.78. The van der Waals surface area contributed by atoms with Gasteiger partial charge in [0.25, 0.3) is 0 Å². The minimum atomic E-state index is -0.486. The lowest BCUT2D eigenvalue weighted by molar-refractivity contribution is -0.115. The first-order valence-corrected chi connectivity index (χ1v) is 7.26. The topological polar surface area (TPSA) is 33.0 Å². The first-order chi connectivity index (χ1) is 9.79. The molecule has 2 unspecified atom stereocenters. The zero-order valence-electron chi connectivity index (χ0n) is 11.4. The summed E-state index contributed by atoms with van der Waals surface area (Å²) < 4.78 is 6.36. The molecule has 3 aliphatic rings. The molecule has 2 nitrogen and oxygen atoms in total. The Morgan fingerprint density at radius 1 is 1.20 bits per heavy atom. The molecule has 0 fully saturated rings. The zero-order chi connectivity index (χ0) is 13.6. The van der Waals surface area contributed by atoms with Crippen LogP contribution in [0.4, 0.5) is 0 Å². The van der Waals surface area contributed by atoms with E-state index in [9.17, 15) is 5.26 Å². The van der Waals surface area contributed by atoms with Crippen LogP contribution >= 0.6 is 0 Å². The lowest BCUT2D eigenvalue weighted by atomic mass is 9.59. The maximum atomic E-state index is 9.78. The molecule has 3 atom stereocenters. The molecular weight excluding hydrogens is 246 g/mol. The Morgan fingerprint density at radius 3 is 2.95 bits per heavy atom. The van der Waals surface area contributed by atoms with Crippen molar-refractivity contribution < 1.29 is 4.74 Å². The van der Waals surface area contributed by atoms with Crippen molar-refractivity contribution in [2.24, 2.45) is 5.41 Å². The molecule has 0 saturated heterocycles. The highest BCUT2D eigenvalue weighted by Crippen LogP contribution is 2.55. The molecule has 0 saturated carbocycles. The van der Waals surface area contributed by atoms with E-state index in [-0.39, 0.29) is 5.60 Å². The molecule has 4 rings (SSSR count). The number of ether oxygens (including phenoxy) is 1. The Bertz CT molecular complexity index is 654. The summed E-state index contributed by atoms with van der Waals surface area (Å²) in [5.74, 6) is 0.377. The predicted octanol–water partition coefficient (Wildman–Crippen LogP) is 3.86. The van der Waals surface area contributed by atoms with Crippen LogP contribution in [-0.2, 0) is 11.3 Å². The Balaban J connectivity index is 1.88. The second-order valence-corrected chi connectivity index (χ2v) is 6.11. The first-order valence-electron chi connectivity index (χ1n) is 7.26. The average Bonchev–Trinajstić information content (AvgIpc) is 2.64. The summed E-state index contributed by atoms with van der Waals surface area (Å²) >= 11 is 0. The summed E-state index contributed by atoms with van der Waals surface area (Å²) in [6, 6.07) is 11.1. The van der Waals surface area contributed by atoms with Crippen LogP contribution in [-0.4, -0.2) is 5.60 Å². The number of allylic oxidation sites excluding steroid dienone is 2. The fourth-order valence-electron chi connectivity index (χ4n) is 3.99. The predicted molar refractivity (Wildman–Crippen MR) is 76.9 cm³/mol. The molecule has 2 bridgehead atoms. The van der Waals surface area contributed by atoms with Crippen molar-refractivity contribution in [3.05, 3.63) is 59.7 Å². The van der Waals surface area contributed by atoms with Crippen molar-refractivity contribution in [2.75, 3.05) is 0 Å². The zero-order valence-corrected chi connectivity index (χ0v) is 11.4. The first kappa shape index (κ1) is 11.9. The van der Waals surface area contributed by atoms with Gasteiger partial charge >= 0.3 is 0 Å². The monoisotopic (exact) mass is 263 g/mol. The van der Waals surface area contributed by atoms with E-state index < -0.39 is 5.41 Å². The van der Waals surface area contributed by atoms with Gasteiger partial charge in [-0.15, -0.1) is 0 Å². The fraction of sp³-hybridized carbons (Fsp3) is 0.389. The number of hydrogen-bond donors (Lipinski definition) is 0. The van der Waals surface area contributed by atoms with Crippen LogP contribution in [0.1, 0.15) is 36.3 Å². The number of nitrogens with zero attached hydrogens (tertiary/aromatic N) is 1. The number of benzene rings is 1. The molecular formula is C18H17NO. The van der Waals surface area contributed by atoms with Crippen LogP contribution in [0.15, 0.2) is 48.6 Å². The van der Waals surface area contributed by atoms with E-state index in [0.29, 0.717) is 12.5 Å². The van der Waals surface area contributed by atoms with Crippen LogP contribution in [0.3, 0.4) is 0 Å². The van der Waals surface area contributed by atoms with Gasteiger partial charge in [-0.25, -0.2) is 0 Å². The summed E-state index contributed by atoms with van der Waals surface area (Å²) in [5.41, 5.74) is 1.79. The van der Waals surface area contributed by atoms with Crippen molar-refractivity contribution >= 4 is 0 Å². The summed E-state index contributed by atoms with van der Waals surface area (Å²) in [4.78, 5) is 0. The molecule has 2 heteroatoms. The van der Waals surface area contributed by atoms with E-state index in [2.05, 4.69) is 54.6 Å². The Morgan fingerprint density at radius 2 is 2.05 bits per heavy atom. The van der Waals surface area contributed by atoms with Crippen molar-refractivity contribution in [3.63, 3.8) is 0 Å². The summed E-state index contributed by atoms with van der Waals surface area (Å²) in [6.45, 7) is 0.617. The smallest absolute Gasteiger partial charge is 0.108 e. The molecule has 1 spiro atoms. The van der Waals surface area contributed by atoms with Gasteiger partial charge in [0.1, 0.15) is 5.41 Å². The Hall–Kier alpha value is -1.85. The van der Waals surface area contributed by atoms with Crippen LogP contribution in [0.5, 0.6) is 0 Å². The highest BCUT2D eigenvalue weighted by Gasteiger charge is 2.55. The van der Waals surface area contributed by atoms with Crippen LogP contribution < -0.4 is 0 Å². The van der Waals surface area contributed by atoms with Gasteiger partial charge in [-0.05, 0) is 30.4 Å². The molecule has 1 aromatic carbocycles. The lowest BCUT2D eigenvalue weighted by Crippen LogP contribution is -2.51. The summed E-state index contributed by atoms with van der Waals surface area (Å²) in [6.07, 6.45) is 11.2. The van der Waals surface area contributed by atoms with Crippen molar-refractivity contribution in [3.8, 4) is 6.07 Å². The van der Waals surface area contributed by atoms with Crippen LogP contribution in [0.2, 0.25) is 0 Å². The average molecular weight is 263 g/mol.